The Bertz CT molecular complexity index is 4560. The van der Waals surface area contributed by atoms with Crippen LogP contribution in [0.3, 0.4) is 0 Å². The molecular weight excluding hydrogens is 1390 g/mol. The number of hydrogen-bond acceptors (Lipinski definition) is 34. The third-order valence-electron chi connectivity index (χ3n) is 18.3. The second kappa shape index (κ2) is 38.5. The van der Waals surface area contributed by atoms with Crippen molar-refractivity contribution in [3.8, 4) is 17.6 Å². The molecule has 0 aromatic heterocycles. The number of azo groups is 1. The van der Waals surface area contributed by atoms with E-state index in [4.69, 9.17) is 168 Å². The summed E-state index contributed by atoms with van der Waals surface area (Å²) >= 11 is 0. The van der Waals surface area contributed by atoms with Gasteiger partial charge in [-0.15, -0.1) is 0 Å². The molecule has 34 nitrogen and oxygen atoms in total. The number of aromatic hydroxyl groups is 1. The molecule has 34 heteroatoms. The van der Waals surface area contributed by atoms with Crippen LogP contribution in [0.5, 0.6) is 5.75 Å². The van der Waals surface area contributed by atoms with Crippen molar-refractivity contribution in [2.75, 3.05) is 124 Å². The first-order valence-corrected chi connectivity index (χ1v) is 31.8. The molecule has 3 aromatic carbocycles. The third kappa shape index (κ3) is 17.9. The Morgan fingerprint density at radius 2 is 0.610 bits per heavy atom. The maximum absolute atomic E-state index is 14.7. The number of carbonyl (C=O) groups is 1. The number of rotatable bonds is 22. The van der Waals surface area contributed by atoms with Gasteiger partial charge in [-0.2, -0.15) is 10.2 Å². The lowest BCUT2D eigenvalue weighted by Gasteiger charge is -2.53. The average molecular weight is 1530 g/mol. The van der Waals surface area contributed by atoms with Crippen LogP contribution < -0.4 is 0 Å². The molecule has 6 N–H and O–H groups in total. The number of aliphatic hydroxyl groups is 5. The van der Waals surface area contributed by atoms with Gasteiger partial charge < -0.3 is 149 Å². The van der Waals surface area contributed by atoms with E-state index in [0.29, 0.717) is 28.1 Å². The Labute approximate surface area is 659 Å². The molecule has 586 valence electrons. The van der Waals surface area contributed by atoms with Crippen LogP contribution in [-0.2, 0) is 118 Å². The van der Waals surface area contributed by atoms with E-state index in [2.05, 4.69) is 22.1 Å². The maximum Gasteiger partial charge on any atom is 0.338 e. The van der Waals surface area contributed by atoms with Crippen LogP contribution in [0.1, 0.15) is 82.0 Å². The Hall–Kier alpha value is -5.07. The van der Waals surface area contributed by atoms with E-state index in [1.54, 1.807) is 50.2 Å². The second-order valence-electron chi connectivity index (χ2n) is 24.4. The molecule has 22 aliphatic rings. The Balaban J connectivity index is 1.21. The minimum atomic E-state index is -4.03. The Kier molecular flexibility index (Phi) is 17.1. The summed E-state index contributed by atoms with van der Waals surface area (Å²) in [7, 11) is -47.8. The molecule has 30 atom stereocenters. The van der Waals surface area contributed by atoms with Crippen LogP contribution in [-0.4, -0.2) is 345 Å². The molecule has 12 bridgehead atoms. The van der Waals surface area contributed by atoms with Crippen LogP contribution in [0.25, 0.3) is 0 Å². The number of phenols is 1. The fraction of sp³-hybridized carbons (Fsp3) is 0.704. The molecule has 22 saturated heterocycles. The fourth-order valence-electron chi connectivity index (χ4n) is 13.1. The van der Waals surface area contributed by atoms with Crippen LogP contribution in [0.2, 0.25) is 0 Å². The zero-order valence-corrected chi connectivity index (χ0v) is 55.0. The van der Waals surface area contributed by atoms with Crippen molar-refractivity contribution in [3.05, 3.63) is 88.5 Å². The minimum absolute atomic E-state index is 0.0907. The van der Waals surface area contributed by atoms with Gasteiger partial charge in [-0.1, -0.05) is 11.8 Å². The second-order valence-corrected chi connectivity index (χ2v) is 24.4. The summed E-state index contributed by atoms with van der Waals surface area (Å²) in [6, 6.07) is 14.5. The zero-order chi connectivity index (χ0) is 105. The maximum atomic E-state index is 14.7. The highest BCUT2D eigenvalue weighted by molar-refractivity contribution is 5.89. The number of aliphatic hydroxyl groups excluding tert-OH is 5. The predicted molar refractivity (Wildman–Crippen MR) is 357 cm³/mol. The molecule has 0 saturated carbocycles. The number of ether oxygens (including phenoxy) is 25. The van der Waals surface area contributed by atoms with Gasteiger partial charge in [-0.3, -0.25) is 0 Å². The summed E-state index contributed by atoms with van der Waals surface area (Å²) in [4.78, 5) is 14.7. The van der Waals surface area contributed by atoms with Crippen molar-refractivity contribution >= 4 is 17.3 Å². The summed E-state index contributed by atoms with van der Waals surface area (Å²) < 4.78 is 451. The van der Waals surface area contributed by atoms with Crippen LogP contribution in [0.4, 0.5) is 11.4 Å². The lowest BCUT2D eigenvalue weighted by Crippen LogP contribution is -2.70. The molecule has 25 rings (SSSR count). The molecule has 22 heterocycles. The molecule has 3 aromatic rings. The Morgan fingerprint density at radius 1 is 0.362 bits per heavy atom. The van der Waals surface area contributed by atoms with Crippen molar-refractivity contribution in [1.82, 2.24) is 0 Å². The molecule has 22 fully saturated rings. The highest BCUT2D eigenvalue weighted by Crippen LogP contribution is 2.42. The van der Waals surface area contributed by atoms with E-state index >= 15 is 0 Å². The number of aryl methyl sites for hydroxylation is 2. The quantitative estimate of drug-likeness (QED) is 0.0460. The molecule has 105 heavy (non-hydrogen) atoms. The van der Waals surface area contributed by atoms with Gasteiger partial charge in [-0.25, -0.2) is 4.79 Å². The van der Waals surface area contributed by atoms with Gasteiger partial charge >= 0.3 is 5.97 Å². The van der Waals surface area contributed by atoms with E-state index in [1.807, 2.05) is 0 Å². The number of phenolic OH excluding ortho intramolecular Hbond substituents is 1. The zero-order valence-electron chi connectivity index (χ0n) is 91.0. The van der Waals surface area contributed by atoms with Gasteiger partial charge in [0.2, 0.25) is 0 Å². The van der Waals surface area contributed by atoms with E-state index in [0.717, 1.165) is 12.1 Å². The largest absolute Gasteiger partial charge is 0.507 e. The molecular formula is C71H100N2O32. The van der Waals surface area contributed by atoms with Crippen LogP contribution >= 0.6 is 0 Å². The van der Waals surface area contributed by atoms with Crippen molar-refractivity contribution in [1.29, 1.82) is 0 Å². The van der Waals surface area contributed by atoms with Crippen molar-refractivity contribution in [2.24, 2.45) is 10.2 Å². The molecule has 0 radical (unpaired) electrons. The number of nitrogens with zero attached hydrogens (tertiary/aromatic N) is 2. The molecule has 0 aliphatic carbocycles. The Morgan fingerprint density at radius 3 is 0.886 bits per heavy atom. The van der Waals surface area contributed by atoms with Crippen LogP contribution in [0.15, 0.2) is 70.9 Å². The molecule has 0 spiro atoms. The lowest BCUT2D eigenvalue weighted by atomic mass is 9.94. The summed E-state index contributed by atoms with van der Waals surface area (Å²) in [5.41, 5.74) is 2.23. The lowest BCUT2D eigenvalue weighted by molar-refractivity contribution is -0.409. The normalized spacial score (nSPS) is 45.5. The van der Waals surface area contributed by atoms with Gasteiger partial charge in [0.15, 0.2) is 37.7 Å². The summed E-state index contributed by atoms with van der Waals surface area (Å²) in [6.07, 6.45) is -84.9. The van der Waals surface area contributed by atoms with Crippen molar-refractivity contribution in [2.45, 2.75) is 198 Å². The third-order valence-corrected chi connectivity index (χ3v) is 18.3. The number of carbonyl (C=O) groups excluding carboxylic acids is 1. The van der Waals surface area contributed by atoms with E-state index in [-0.39, 0.29) is 11.3 Å². The highest BCUT2D eigenvalue weighted by Gasteiger charge is 2.61. The van der Waals surface area contributed by atoms with Crippen LogP contribution in [0, 0.1) is 25.7 Å². The van der Waals surface area contributed by atoms with Gasteiger partial charge in [0.25, 0.3) is 0 Å². The summed E-state index contributed by atoms with van der Waals surface area (Å²) in [5.74, 6) is 4.48. The van der Waals surface area contributed by atoms with E-state index in [1.165, 1.54) is 12.1 Å². The average Bonchev–Trinajstić information content (AvgIpc) is 0.750. The summed E-state index contributed by atoms with van der Waals surface area (Å²) in [6.45, 7) is -6.42. The number of esters is 1. The van der Waals surface area contributed by atoms with Gasteiger partial charge in [0, 0.05) is 95.6 Å². The number of hydrogen-bond donors (Lipinski definition) is 6. The monoisotopic (exact) mass is 1530 g/mol. The van der Waals surface area contributed by atoms with E-state index in [9.17, 15) is 35.4 Å². The minimum Gasteiger partial charge on any atom is -0.507 e. The van der Waals surface area contributed by atoms with E-state index < -0.39 is 320 Å². The van der Waals surface area contributed by atoms with Gasteiger partial charge in [0.1, 0.15) is 159 Å². The smallest absolute Gasteiger partial charge is 0.338 e. The fourth-order valence-corrected chi connectivity index (χ4v) is 13.1. The number of benzene rings is 3. The first kappa shape index (κ1) is 46.6. The summed E-state index contributed by atoms with van der Waals surface area (Å²) in [5, 5.41) is 76.3. The van der Waals surface area contributed by atoms with Crippen molar-refractivity contribution in [3.63, 3.8) is 0 Å². The van der Waals surface area contributed by atoms with Gasteiger partial charge in [-0.05, 0) is 85.6 Å². The molecule has 22 aliphatic heterocycles. The first-order valence-electron chi connectivity index (χ1n) is 49.8. The number of methoxy groups -OCH3 is 12. The van der Waals surface area contributed by atoms with Crippen molar-refractivity contribution < 1.29 is 203 Å². The molecule has 0 amide bonds. The predicted octanol–water partition coefficient (Wildman–Crippen LogP) is 0.797. The first-order chi connectivity index (χ1) is 64.7. The van der Waals surface area contributed by atoms with Gasteiger partial charge in [0.05, 0.1) is 99.3 Å². The molecule has 0 unspecified atom stereocenters. The topological polar surface area (TPSA) is 394 Å². The highest BCUT2D eigenvalue weighted by atomic mass is 16.8. The standard InChI is InChI=1S/C71H100N2O32/c1-33-25-39(26-34(2)46(33)79)73-72-38-23-19-36(20-24-38)16-15-35-17-21-37(22-18-35)65(80)93-32-45-52-58(86-8)64(92-14)71(99-45)104-51-44(31-78)97-69(62(90-12)57(51)85-7)102-49-42(29-76)95-67(60(88-10)55(49)83-5)100-47-40(27-74)94-66(59(87-9)53(47)81-3)101-48-41(28-75)96-68(61(89-11)54(48)82-4)103-50-43(30-77)98-70(105-52)63(91-13)56(50)84-6/h17-26,40-45,47-64,66-71,74-79H,27-32H2,1-14H3/t40-,41-,42-,43-,44-,45-,47-,48-,49-,50-,51-,52-,53+,54+,55+,56+,57+,58+,59-,60-,61-,62-,63-,64-,66-,67-,68-,69-,70-,71-/m1/s1/i3D3,4D3,5D3,6D3,7D3,8D3,9D3,10D3,11D3,12D3,13D3,14D3. The SMILES string of the molecule is [2H]C([2H])([2H])O[C@@H]1[C@@H](OC([2H])([2H])[2H])[C@H]2O[C@H]3[C@H](OC([2H])([2H])[2H])[C@@H](OC([2H])([2H])[2H])[C@@H](O[C@H]4[C@H](OC([2H])([2H])[2H])[C@@H](OC([2H])([2H])[2H])[C@@H](O[C@H]5[C@H](OC([2H])([2H])[2H])[C@@H](OC([2H])([2H])[2H])[C@@H](O[C@H]6[C@H](OC([2H])([2H])[2H])[C@@H](OC([2H])([2H])[2H])[C@@H](O[C@H]7[C@H](OC([2H])([2H])[2H])[C@@H](OC([2H])([2H])[2H])[C@@H](O[C@@H]1[C@@H](CO)O2)O[C@@H]7CO)O[C@@H]6CO)O[C@@H]5COC(=O)c1ccc(C#Cc2ccc(N=Nc5cc(C)c(O)c(C)c5)cc2)cc1)O[C@@H]4CO)O[C@@H]3CO.